The molecule has 0 radical (unpaired) electrons. The molecule has 0 aliphatic carbocycles. The molecular weight excluding hydrogens is 439 g/mol. The Morgan fingerprint density at radius 2 is 1.73 bits per heavy atom. The molecule has 2 aromatic rings. The normalized spacial score (nSPS) is 12.2. The van der Waals surface area contributed by atoms with Gasteiger partial charge >= 0.3 is 23.9 Å². The number of aliphatic carboxylic acids is 2. The summed E-state index contributed by atoms with van der Waals surface area (Å²) < 4.78 is 18.4. The molecule has 0 heterocycles. The number of carboxylic acids is 2. The van der Waals surface area contributed by atoms with Gasteiger partial charge in [0.05, 0.1) is 11.6 Å². The number of nitrogens with one attached hydrogen (secondary N) is 2. The number of hydrogen-bond acceptors (Lipinski definition) is 6. The van der Waals surface area contributed by atoms with Crippen molar-refractivity contribution >= 4 is 30.2 Å². The van der Waals surface area contributed by atoms with Crippen LogP contribution < -0.4 is 15.4 Å². The summed E-state index contributed by atoms with van der Waals surface area (Å²) in [6.07, 6.45) is -0.244. The van der Waals surface area contributed by atoms with Gasteiger partial charge in [0.25, 0.3) is 0 Å². The van der Waals surface area contributed by atoms with Gasteiger partial charge in [0.15, 0.2) is 0 Å². The third kappa shape index (κ3) is 8.40. The number of ether oxygens (including phenoxy) is 1. The van der Waals surface area contributed by atoms with E-state index in [0.717, 1.165) is 6.07 Å². The lowest BCUT2D eigenvalue weighted by Crippen LogP contribution is -2.50. The van der Waals surface area contributed by atoms with Crippen molar-refractivity contribution < 1.29 is 43.3 Å². The molecule has 2 atom stereocenters. The van der Waals surface area contributed by atoms with E-state index < -0.39 is 41.8 Å². The van der Waals surface area contributed by atoms with E-state index in [4.69, 9.17) is 9.84 Å². The average molecular weight is 460 g/mol. The lowest BCUT2D eigenvalue weighted by molar-refractivity contribution is -0.139. The Hall–Kier alpha value is -4.28. The molecule has 0 saturated heterocycles. The Kier molecular flexibility index (Phi) is 9.04. The highest BCUT2D eigenvalue weighted by Crippen LogP contribution is 2.16. The maximum Gasteiger partial charge on any atom is 0.343 e. The van der Waals surface area contributed by atoms with Crippen molar-refractivity contribution in [3.8, 4) is 5.75 Å². The molecule has 2 aromatic carbocycles. The molecule has 33 heavy (non-hydrogen) atoms. The van der Waals surface area contributed by atoms with Gasteiger partial charge in [-0.25, -0.2) is 18.8 Å². The molecule has 11 heteroatoms. The number of esters is 1. The van der Waals surface area contributed by atoms with Crippen molar-refractivity contribution in [2.24, 2.45) is 0 Å². The van der Waals surface area contributed by atoms with Crippen molar-refractivity contribution in [3.63, 3.8) is 0 Å². The minimum Gasteiger partial charge on any atom is -0.481 e. The van der Waals surface area contributed by atoms with Crippen LogP contribution in [0.2, 0.25) is 0 Å². The number of urea groups is 1. The summed E-state index contributed by atoms with van der Waals surface area (Å²) in [6.45, 7) is 0. The number of amides is 2. The zero-order valence-electron chi connectivity index (χ0n) is 17.2. The van der Waals surface area contributed by atoms with Gasteiger partial charge in [-0.1, -0.05) is 18.2 Å². The van der Waals surface area contributed by atoms with Crippen molar-refractivity contribution in [3.05, 3.63) is 65.5 Å². The standard InChI is InChI=1S/C22H21FN2O8/c23-15-3-1-2-14(11-15)21(31)33-17-7-4-13(5-8-17)10-18(20(29)30)25-22(32)24-16(12-26)6-9-19(27)28/h1-5,7-8,11-12,16,18H,6,9-10H2,(H,27,28)(H,29,30)(H2,24,25,32)/t16-,18-/m0/s1. The zero-order chi connectivity index (χ0) is 24.4. The van der Waals surface area contributed by atoms with Gasteiger partial charge in [0, 0.05) is 12.8 Å². The van der Waals surface area contributed by atoms with Crippen LogP contribution in [0.3, 0.4) is 0 Å². The molecule has 0 spiro atoms. The number of carbonyl (C=O) groups excluding carboxylic acids is 3. The second-order valence-corrected chi connectivity index (χ2v) is 6.93. The largest absolute Gasteiger partial charge is 0.481 e. The molecule has 4 N–H and O–H groups in total. The summed E-state index contributed by atoms with van der Waals surface area (Å²) in [4.78, 5) is 57.1. The Morgan fingerprint density at radius 1 is 1.03 bits per heavy atom. The molecule has 0 aliphatic heterocycles. The van der Waals surface area contributed by atoms with Gasteiger partial charge in [0.2, 0.25) is 0 Å². The van der Waals surface area contributed by atoms with Crippen molar-refractivity contribution in [1.29, 1.82) is 0 Å². The smallest absolute Gasteiger partial charge is 0.343 e. The summed E-state index contributed by atoms with van der Waals surface area (Å²) in [6, 6.07) is 7.43. The van der Waals surface area contributed by atoms with Crippen LogP contribution in [0, 0.1) is 5.82 Å². The average Bonchev–Trinajstić information content (AvgIpc) is 2.77. The summed E-state index contributed by atoms with van der Waals surface area (Å²) in [7, 11) is 0. The first-order valence-electron chi connectivity index (χ1n) is 9.71. The fraction of sp³-hybridized carbons (Fsp3) is 0.227. The summed E-state index contributed by atoms with van der Waals surface area (Å²) >= 11 is 0. The number of aldehydes is 1. The molecule has 174 valence electrons. The fourth-order valence-corrected chi connectivity index (χ4v) is 2.73. The van der Waals surface area contributed by atoms with Crippen molar-refractivity contribution in [1.82, 2.24) is 10.6 Å². The van der Waals surface area contributed by atoms with Crippen LogP contribution in [0.25, 0.3) is 0 Å². The molecule has 0 aliphatic rings. The molecule has 10 nitrogen and oxygen atoms in total. The Labute approximate surface area is 187 Å². The van der Waals surface area contributed by atoms with E-state index in [1.807, 2.05) is 0 Å². The molecular formula is C22H21FN2O8. The van der Waals surface area contributed by atoms with Crippen LogP contribution in [-0.4, -0.2) is 52.5 Å². The molecule has 0 fully saturated rings. The van der Waals surface area contributed by atoms with Gasteiger partial charge in [-0.15, -0.1) is 0 Å². The zero-order valence-corrected chi connectivity index (χ0v) is 17.2. The first kappa shape index (κ1) is 25.0. The Morgan fingerprint density at radius 3 is 2.30 bits per heavy atom. The third-order valence-electron chi connectivity index (χ3n) is 4.39. The third-order valence-corrected chi connectivity index (χ3v) is 4.39. The molecule has 2 rings (SSSR count). The predicted molar refractivity (Wildman–Crippen MR) is 111 cm³/mol. The van der Waals surface area contributed by atoms with Crippen LogP contribution in [0.1, 0.15) is 28.8 Å². The Bertz CT molecular complexity index is 1030. The van der Waals surface area contributed by atoms with Gasteiger partial charge < -0.3 is 30.4 Å². The molecule has 2 amide bonds. The van der Waals surface area contributed by atoms with Crippen LogP contribution >= 0.6 is 0 Å². The lowest BCUT2D eigenvalue weighted by atomic mass is 10.1. The predicted octanol–water partition coefficient (Wildman–Crippen LogP) is 1.77. The maximum absolute atomic E-state index is 13.2. The quantitative estimate of drug-likeness (QED) is 0.224. The van der Waals surface area contributed by atoms with Gasteiger partial charge in [0.1, 0.15) is 23.9 Å². The van der Waals surface area contributed by atoms with E-state index in [1.165, 1.54) is 42.5 Å². The van der Waals surface area contributed by atoms with E-state index in [2.05, 4.69) is 10.6 Å². The van der Waals surface area contributed by atoms with Crippen LogP contribution in [0.4, 0.5) is 9.18 Å². The first-order chi connectivity index (χ1) is 15.7. The molecule has 0 unspecified atom stereocenters. The summed E-state index contributed by atoms with van der Waals surface area (Å²) in [5.41, 5.74) is 0.517. The lowest BCUT2D eigenvalue weighted by Gasteiger charge is -2.17. The fourth-order valence-electron chi connectivity index (χ4n) is 2.73. The van der Waals surface area contributed by atoms with Gasteiger partial charge in [-0.2, -0.15) is 0 Å². The number of halogens is 1. The molecule has 0 saturated carbocycles. The van der Waals surface area contributed by atoms with Crippen LogP contribution in [-0.2, 0) is 20.8 Å². The van der Waals surface area contributed by atoms with Crippen molar-refractivity contribution in [2.75, 3.05) is 0 Å². The monoisotopic (exact) mass is 460 g/mol. The first-order valence-corrected chi connectivity index (χ1v) is 9.71. The second kappa shape index (κ2) is 11.9. The second-order valence-electron chi connectivity index (χ2n) is 6.93. The van der Waals surface area contributed by atoms with E-state index in [0.29, 0.717) is 11.8 Å². The highest BCUT2D eigenvalue weighted by atomic mass is 19.1. The maximum atomic E-state index is 13.2. The minimum absolute atomic E-state index is 0.0252. The van der Waals surface area contributed by atoms with Gasteiger partial charge in [-0.05, 0) is 42.3 Å². The van der Waals surface area contributed by atoms with Gasteiger partial charge in [-0.3, -0.25) is 4.79 Å². The van der Waals surface area contributed by atoms with Crippen LogP contribution in [0.5, 0.6) is 5.75 Å². The molecule has 0 aromatic heterocycles. The number of carboxylic acid groups (broad SMARTS) is 2. The van der Waals surface area contributed by atoms with E-state index in [-0.39, 0.29) is 30.6 Å². The van der Waals surface area contributed by atoms with E-state index >= 15 is 0 Å². The molecule has 0 bridgehead atoms. The SMILES string of the molecule is O=C[C@H](CCC(=O)O)NC(=O)N[C@@H](Cc1ccc(OC(=O)c2cccc(F)c2)cc1)C(=O)O. The van der Waals surface area contributed by atoms with E-state index in [1.54, 1.807) is 0 Å². The highest BCUT2D eigenvalue weighted by molar-refractivity contribution is 5.91. The highest BCUT2D eigenvalue weighted by Gasteiger charge is 2.22. The summed E-state index contributed by atoms with van der Waals surface area (Å²) in [5.74, 6) is -3.68. The number of rotatable bonds is 11. The van der Waals surface area contributed by atoms with Crippen molar-refractivity contribution in [2.45, 2.75) is 31.3 Å². The van der Waals surface area contributed by atoms with Crippen LogP contribution in [0.15, 0.2) is 48.5 Å². The number of carbonyl (C=O) groups is 5. The van der Waals surface area contributed by atoms with E-state index in [9.17, 15) is 33.5 Å². The topological polar surface area (TPSA) is 159 Å². The minimum atomic E-state index is -1.35. The Balaban J connectivity index is 1.95. The summed E-state index contributed by atoms with van der Waals surface area (Å²) in [5, 5.41) is 22.5. The number of benzene rings is 2. The number of hydrogen-bond donors (Lipinski definition) is 4.